The van der Waals surface area contributed by atoms with Gasteiger partial charge in [0.1, 0.15) is 23.0 Å². The minimum atomic E-state index is 0.0824. The van der Waals surface area contributed by atoms with Crippen molar-refractivity contribution >= 4 is 51.9 Å². The van der Waals surface area contributed by atoms with Crippen LogP contribution in [0.15, 0.2) is 143 Å². The van der Waals surface area contributed by atoms with Gasteiger partial charge >= 0.3 is 0 Å². The number of anilines is 3. The fourth-order valence-electron chi connectivity index (χ4n) is 6.35. The van der Waals surface area contributed by atoms with Crippen molar-refractivity contribution in [1.82, 2.24) is 0 Å². The molecular formula is C36H22BNO2S. The Balaban J connectivity index is 1.20. The Morgan fingerprint density at radius 1 is 0.488 bits per heavy atom. The molecule has 0 N–H and O–H groups in total. The number of benzene rings is 6. The molecule has 0 atom stereocenters. The lowest BCUT2D eigenvalue weighted by Crippen LogP contribution is -2.57. The van der Waals surface area contributed by atoms with Crippen LogP contribution in [-0.2, 0) is 0 Å². The van der Waals surface area contributed by atoms with Gasteiger partial charge in [-0.3, -0.25) is 0 Å². The third kappa shape index (κ3) is 3.49. The predicted octanol–water partition coefficient (Wildman–Crippen LogP) is 8.02. The van der Waals surface area contributed by atoms with Crippen LogP contribution in [0.3, 0.4) is 0 Å². The maximum Gasteiger partial charge on any atom is 0.260 e. The van der Waals surface area contributed by atoms with Gasteiger partial charge < -0.3 is 14.4 Å². The maximum absolute atomic E-state index is 6.54. The maximum atomic E-state index is 6.54. The van der Waals surface area contributed by atoms with Gasteiger partial charge in [0, 0.05) is 20.9 Å². The molecule has 0 aromatic heterocycles. The molecule has 3 nitrogen and oxygen atoms in total. The van der Waals surface area contributed by atoms with Crippen LogP contribution in [0, 0.1) is 0 Å². The summed E-state index contributed by atoms with van der Waals surface area (Å²) in [5.41, 5.74) is 9.18. The second-order valence-corrected chi connectivity index (χ2v) is 11.6. The third-order valence-corrected chi connectivity index (χ3v) is 9.28. The number of fused-ring (bicyclic) bond motifs is 6. The van der Waals surface area contributed by atoms with Crippen molar-refractivity contribution in [3.63, 3.8) is 0 Å². The molecule has 0 fully saturated rings. The van der Waals surface area contributed by atoms with Crippen molar-refractivity contribution in [2.45, 2.75) is 9.79 Å². The van der Waals surface area contributed by atoms with Crippen LogP contribution in [-0.4, -0.2) is 6.71 Å². The fraction of sp³-hybridized carbons (Fsp3) is 0. The van der Waals surface area contributed by atoms with Gasteiger partial charge in [0.2, 0.25) is 0 Å². The Labute approximate surface area is 243 Å². The van der Waals surface area contributed by atoms with Crippen molar-refractivity contribution in [3.8, 4) is 34.1 Å². The predicted molar refractivity (Wildman–Crippen MR) is 168 cm³/mol. The number of ether oxygens (including phenoxy) is 2. The molecule has 192 valence electrons. The SMILES string of the molecule is c1ccc(N2c3ccccc3Sc3cc(-c4cc5c6c(c4)Oc4ccccc4B6c4ccccc4O5)ccc32)cc1. The molecule has 6 aromatic carbocycles. The summed E-state index contributed by atoms with van der Waals surface area (Å²) in [4.78, 5) is 4.81. The topological polar surface area (TPSA) is 21.7 Å². The lowest BCUT2D eigenvalue weighted by molar-refractivity contribution is 0.465. The van der Waals surface area contributed by atoms with E-state index in [0.717, 1.165) is 45.3 Å². The van der Waals surface area contributed by atoms with Gasteiger partial charge in [-0.05, 0) is 82.7 Å². The normalized spacial score (nSPS) is 13.6. The molecule has 3 aliphatic rings. The average Bonchev–Trinajstić information content (AvgIpc) is 3.03. The highest BCUT2D eigenvalue weighted by Gasteiger charge is 2.40. The van der Waals surface area contributed by atoms with E-state index in [1.807, 2.05) is 23.9 Å². The number of hydrogen-bond donors (Lipinski definition) is 0. The lowest BCUT2D eigenvalue weighted by Gasteiger charge is -2.34. The first kappa shape index (κ1) is 22.9. The first-order chi connectivity index (χ1) is 20.3. The second kappa shape index (κ2) is 8.82. The van der Waals surface area contributed by atoms with Gasteiger partial charge in [0.15, 0.2) is 0 Å². The van der Waals surface area contributed by atoms with E-state index in [0.29, 0.717) is 0 Å². The molecule has 0 radical (unpaired) electrons. The molecular weight excluding hydrogens is 521 g/mol. The van der Waals surface area contributed by atoms with Gasteiger partial charge in [0.05, 0.1) is 11.4 Å². The molecule has 9 rings (SSSR count). The Hall–Kier alpha value is -4.87. The first-order valence-electron chi connectivity index (χ1n) is 13.8. The van der Waals surface area contributed by atoms with Crippen molar-refractivity contribution in [2.24, 2.45) is 0 Å². The molecule has 0 saturated carbocycles. The Morgan fingerprint density at radius 2 is 1.10 bits per heavy atom. The van der Waals surface area contributed by atoms with E-state index in [1.165, 1.54) is 32.1 Å². The molecule has 41 heavy (non-hydrogen) atoms. The van der Waals surface area contributed by atoms with Gasteiger partial charge in [-0.15, -0.1) is 0 Å². The fourth-order valence-corrected chi connectivity index (χ4v) is 7.45. The molecule has 5 heteroatoms. The zero-order chi connectivity index (χ0) is 26.9. The minimum absolute atomic E-state index is 0.0824. The number of para-hydroxylation sites is 4. The quantitative estimate of drug-likeness (QED) is 0.206. The number of hydrogen-bond acceptors (Lipinski definition) is 4. The van der Waals surface area contributed by atoms with E-state index in [9.17, 15) is 0 Å². The van der Waals surface area contributed by atoms with Crippen LogP contribution in [0.1, 0.15) is 0 Å². The van der Waals surface area contributed by atoms with Crippen molar-refractivity contribution in [3.05, 3.63) is 133 Å². The zero-order valence-electron chi connectivity index (χ0n) is 22.0. The van der Waals surface area contributed by atoms with Crippen molar-refractivity contribution < 1.29 is 9.47 Å². The Morgan fingerprint density at radius 3 is 1.83 bits per heavy atom. The molecule has 0 spiro atoms. The van der Waals surface area contributed by atoms with Crippen LogP contribution in [0.25, 0.3) is 11.1 Å². The smallest absolute Gasteiger partial charge is 0.260 e. The molecule has 6 aromatic rings. The van der Waals surface area contributed by atoms with Crippen LogP contribution in [0.2, 0.25) is 0 Å². The van der Waals surface area contributed by atoms with Crippen LogP contribution in [0.5, 0.6) is 23.0 Å². The van der Waals surface area contributed by atoms with E-state index >= 15 is 0 Å². The van der Waals surface area contributed by atoms with E-state index in [2.05, 4.69) is 126 Å². The molecule has 0 bridgehead atoms. The molecule has 0 amide bonds. The van der Waals surface area contributed by atoms with E-state index in [4.69, 9.17) is 9.47 Å². The second-order valence-electron chi connectivity index (χ2n) is 10.5. The summed E-state index contributed by atoms with van der Waals surface area (Å²) >= 11 is 1.82. The summed E-state index contributed by atoms with van der Waals surface area (Å²) < 4.78 is 13.1. The monoisotopic (exact) mass is 543 g/mol. The largest absolute Gasteiger partial charge is 0.458 e. The highest BCUT2D eigenvalue weighted by Crippen LogP contribution is 2.52. The van der Waals surface area contributed by atoms with Crippen LogP contribution < -0.4 is 30.8 Å². The highest BCUT2D eigenvalue weighted by atomic mass is 32.2. The zero-order valence-corrected chi connectivity index (χ0v) is 22.8. The molecule has 3 heterocycles. The first-order valence-corrected chi connectivity index (χ1v) is 14.6. The number of nitrogens with zero attached hydrogens (tertiary/aromatic N) is 1. The summed E-state index contributed by atoms with van der Waals surface area (Å²) in [5.74, 6) is 3.52. The summed E-state index contributed by atoms with van der Waals surface area (Å²) in [6.07, 6.45) is 0. The van der Waals surface area contributed by atoms with Gasteiger partial charge in [-0.1, -0.05) is 84.6 Å². The molecule has 0 unspecified atom stereocenters. The van der Waals surface area contributed by atoms with E-state index in [-0.39, 0.29) is 6.71 Å². The minimum Gasteiger partial charge on any atom is -0.458 e. The van der Waals surface area contributed by atoms with Crippen LogP contribution in [0.4, 0.5) is 17.1 Å². The summed E-state index contributed by atoms with van der Waals surface area (Å²) in [6, 6.07) is 47.0. The molecule has 0 aliphatic carbocycles. The summed E-state index contributed by atoms with van der Waals surface area (Å²) in [6.45, 7) is 0.0824. The Bertz CT molecular complexity index is 1940. The molecule has 0 saturated heterocycles. The standard InChI is InChI=1S/C36H22BNO2S/c1-2-10-25(11-3-1)38-28-14-6-9-17-34(28)41-35-22-23(18-19-29(35)38)24-20-32-36-33(21-24)40-31-16-8-5-13-27(31)37(36)26-12-4-7-15-30(26)39-32/h1-22H. The van der Waals surface area contributed by atoms with Gasteiger partial charge in [0.25, 0.3) is 6.71 Å². The van der Waals surface area contributed by atoms with E-state index < -0.39 is 0 Å². The summed E-state index contributed by atoms with van der Waals surface area (Å²) in [5, 5.41) is 0. The van der Waals surface area contributed by atoms with Crippen molar-refractivity contribution in [2.75, 3.05) is 4.90 Å². The lowest BCUT2D eigenvalue weighted by atomic mass is 9.35. The van der Waals surface area contributed by atoms with Gasteiger partial charge in [-0.25, -0.2) is 0 Å². The average molecular weight is 543 g/mol. The highest BCUT2D eigenvalue weighted by molar-refractivity contribution is 7.99. The van der Waals surface area contributed by atoms with Crippen LogP contribution >= 0.6 is 11.8 Å². The third-order valence-electron chi connectivity index (χ3n) is 8.17. The van der Waals surface area contributed by atoms with Crippen molar-refractivity contribution in [1.29, 1.82) is 0 Å². The Kier molecular flexibility index (Phi) is 4.93. The number of rotatable bonds is 2. The summed E-state index contributed by atoms with van der Waals surface area (Å²) in [7, 11) is 0. The molecule has 3 aliphatic heterocycles. The van der Waals surface area contributed by atoms with Gasteiger partial charge in [-0.2, -0.15) is 0 Å². The van der Waals surface area contributed by atoms with E-state index in [1.54, 1.807) is 0 Å².